The van der Waals surface area contributed by atoms with Gasteiger partial charge in [-0.2, -0.15) is 0 Å². The Morgan fingerprint density at radius 1 is 1.36 bits per heavy atom. The third-order valence-electron chi connectivity index (χ3n) is 4.28. The normalized spacial score (nSPS) is 25.0. The first-order chi connectivity index (χ1) is 10.2. The largest absolute Gasteiger partial charge is 0.341 e. The maximum atomic E-state index is 12.8. The lowest BCUT2D eigenvalue weighted by atomic mass is 9.97. The molecule has 2 atom stereocenters. The van der Waals surface area contributed by atoms with Gasteiger partial charge in [-0.3, -0.25) is 9.59 Å². The van der Waals surface area contributed by atoms with E-state index < -0.39 is 0 Å². The van der Waals surface area contributed by atoms with Gasteiger partial charge in [0.1, 0.15) is 6.04 Å². The second-order valence-electron chi connectivity index (χ2n) is 5.98. The van der Waals surface area contributed by atoms with E-state index in [0.29, 0.717) is 18.2 Å². The van der Waals surface area contributed by atoms with Crippen LogP contribution >= 0.6 is 24.2 Å². The van der Waals surface area contributed by atoms with Crippen molar-refractivity contribution in [1.82, 2.24) is 15.1 Å². The van der Waals surface area contributed by atoms with E-state index in [1.165, 1.54) is 6.42 Å². The van der Waals surface area contributed by atoms with Crippen molar-refractivity contribution < 1.29 is 9.59 Å². The van der Waals surface area contributed by atoms with Crippen LogP contribution in [0.1, 0.15) is 32.6 Å². The first-order valence-electron chi connectivity index (χ1n) is 7.98. The van der Waals surface area contributed by atoms with Crippen molar-refractivity contribution in [2.75, 3.05) is 38.3 Å². The lowest BCUT2D eigenvalue weighted by Gasteiger charge is -2.36. The summed E-state index contributed by atoms with van der Waals surface area (Å²) in [6.45, 7) is 4.64. The minimum atomic E-state index is -0.234. The third kappa shape index (κ3) is 4.77. The molecule has 0 spiro atoms. The highest BCUT2D eigenvalue weighted by Gasteiger charge is 2.37. The molecule has 2 rings (SSSR count). The van der Waals surface area contributed by atoms with Crippen LogP contribution in [0.4, 0.5) is 0 Å². The number of carbonyl (C=O) groups is 2. The van der Waals surface area contributed by atoms with Gasteiger partial charge >= 0.3 is 0 Å². The number of thioether (sulfide) groups is 1. The number of nitrogens with one attached hydrogen (secondary N) is 1. The van der Waals surface area contributed by atoms with Crippen LogP contribution in [0.25, 0.3) is 0 Å². The van der Waals surface area contributed by atoms with E-state index >= 15 is 0 Å². The molecule has 7 heteroatoms. The standard InChI is InChI=1S/C15H27N3O2S.ClH/c1-3-5-14(19)18-11-21-10-13(18)15(20)17-7-4-6-12(9-17)8-16-2;/h12-13,16H,3-11H2,1-2H3;1H. The Morgan fingerprint density at radius 2 is 2.14 bits per heavy atom. The Bertz CT molecular complexity index is 382. The lowest BCUT2D eigenvalue weighted by Crippen LogP contribution is -2.52. The van der Waals surface area contributed by atoms with Crippen LogP contribution in [-0.4, -0.2) is 66.0 Å². The number of nitrogens with zero attached hydrogens (tertiary/aromatic N) is 2. The molecule has 0 aromatic rings. The molecule has 5 nitrogen and oxygen atoms in total. The second-order valence-corrected chi connectivity index (χ2v) is 6.98. The summed E-state index contributed by atoms with van der Waals surface area (Å²) in [5, 5.41) is 3.20. The molecule has 2 heterocycles. The van der Waals surface area contributed by atoms with Crippen molar-refractivity contribution in [2.45, 2.75) is 38.6 Å². The highest BCUT2D eigenvalue weighted by molar-refractivity contribution is 7.99. The van der Waals surface area contributed by atoms with E-state index in [1.807, 2.05) is 18.9 Å². The van der Waals surface area contributed by atoms with Gasteiger partial charge in [0.05, 0.1) is 5.88 Å². The van der Waals surface area contributed by atoms with Crippen LogP contribution in [0.15, 0.2) is 0 Å². The van der Waals surface area contributed by atoms with Crippen molar-refractivity contribution >= 4 is 36.0 Å². The monoisotopic (exact) mass is 349 g/mol. The molecule has 2 aliphatic rings. The van der Waals surface area contributed by atoms with Gasteiger partial charge in [0, 0.05) is 25.3 Å². The molecule has 1 N–H and O–H groups in total. The number of piperidine rings is 1. The molecular formula is C15H28ClN3O2S. The fourth-order valence-corrected chi connectivity index (χ4v) is 4.35. The molecular weight excluding hydrogens is 322 g/mol. The van der Waals surface area contributed by atoms with Crippen molar-refractivity contribution in [3.05, 3.63) is 0 Å². The summed E-state index contributed by atoms with van der Waals surface area (Å²) in [4.78, 5) is 28.7. The van der Waals surface area contributed by atoms with Crippen LogP contribution < -0.4 is 5.32 Å². The van der Waals surface area contributed by atoms with Gasteiger partial charge < -0.3 is 15.1 Å². The van der Waals surface area contributed by atoms with Gasteiger partial charge in [-0.15, -0.1) is 24.2 Å². The predicted molar refractivity (Wildman–Crippen MR) is 93.3 cm³/mol. The van der Waals surface area contributed by atoms with E-state index in [2.05, 4.69) is 5.32 Å². The lowest BCUT2D eigenvalue weighted by molar-refractivity contribution is -0.144. The number of amides is 2. The molecule has 0 bridgehead atoms. The van der Waals surface area contributed by atoms with Crippen LogP contribution in [0, 0.1) is 5.92 Å². The van der Waals surface area contributed by atoms with Crippen LogP contribution in [-0.2, 0) is 9.59 Å². The Kier molecular flexibility index (Phi) is 8.57. The van der Waals surface area contributed by atoms with E-state index in [4.69, 9.17) is 0 Å². The zero-order valence-electron chi connectivity index (χ0n) is 13.5. The van der Waals surface area contributed by atoms with Gasteiger partial charge in [-0.1, -0.05) is 6.92 Å². The Morgan fingerprint density at radius 3 is 2.82 bits per heavy atom. The molecule has 2 fully saturated rings. The molecule has 22 heavy (non-hydrogen) atoms. The first kappa shape index (κ1) is 19.6. The van der Waals surface area contributed by atoms with Crippen molar-refractivity contribution in [3.8, 4) is 0 Å². The van der Waals surface area contributed by atoms with Gasteiger partial charge in [-0.25, -0.2) is 0 Å². The Hall–Kier alpha value is -0.460. The molecule has 0 aliphatic carbocycles. The van der Waals surface area contributed by atoms with E-state index in [-0.39, 0.29) is 30.3 Å². The number of hydrogen-bond donors (Lipinski definition) is 1. The summed E-state index contributed by atoms with van der Waals surface area (Å²) in [5.74, 6) is 2.25. The fourth-order valence-electron chi connectivity index (χ4n) is 3.18. The fraction of sp³-hybridized carbons (Fsp3) is 0.867. The average Bonchev–Trinajstić information content (AvgIpc) is 2.97. The number of rotatable bonds is 5. The number of likely N-dealkylation sites (tertiary alicyclic amines) is 1. The quantitative estimate of drug-likeness (QED) is 0.818. The van der Waals surface area contributed by atoms with Crippen LogP contribution in [0.3, 0.4) is 0 Å². The summed E-state index contributed by atoms with van der Waals surface area (Å²) >= 11 is 1.69. The molecule has 2 saturated heterocycles. The maximum absolute atomic E-state index is 12.8. The third-order valence-corrected chi connectivity index (χ3v) is 5.29. The molecule has 0 saturated carbocycles. The summed E-state index contributed by atoms with van der Waals surface area (Å²) in [5.41, 5.74) is 0. The second kappa shape index (κ2) is 9.63. The zero-order valence-corrected chi connectivity index (χ0v) is 15.2. The van der Waals surface area contributed by atoms with Crippen molar-refractivity contribution in [3.63, 3.8) is 0 Å². The summed E-state index contributed by atoms with van der Waals surface area (Å²) in [7, 11) is 1.96. The summed E-state index contributed by atoms with van der Waals surface area (Å²) in [6, 6.07) is -0.234. The molecule has 0 aromatic carbocycles. The topological polar surface area (TPSA) is 52.7 Å². The SMILES string of the molecule is CCCC(=O)N1CSCC1C(=O)N1CCCC(CNC)C1.Cl. The van der Waals surface area contributed by atoms with Crippen LogP contribution in [0.2, 0.25) is 0 Å². The zero-order chi connectivity index (χ0) is 15.2. The predicted octanol–water partition coefficient (Wildman–Crippen LogP) is 1.57. The van der Waals surface area contributed by atoms with Gasteiger partial charge in [0.15, 0.2) is 0 Å². The van der Waals surface area contributed by atoms with E-state index in [1.54, 1.807) is 16.7 Å². The Balaban J connectivity index is 0.00000242. The summed E-state index contributed by atoms with van der Waals surface area (Å²) < 4.78 is 0. The maximum Gasteiger partial charge on any atom is 0.246 e. The minimum absolute atomic E-state index is 0. The molecule has 128 valence electrons. The van der Waals surface area contributed by atoms with Gasteiger partial charge in [0.2, 0.25) is 11.8 Å². The van der Waals surface area contributed by atoms with E-state index in [9.17, 15) is 9.59 Å². The molecule has 0 radical (unpaired) electrons. The molecule has 2 amide bonds. The van der Waals surface area contributed by atoms with Gasteiger partial charge in [-0.05, 0) is 38.8 Å². The summed E-state index contributed by atoms with van der Waals surface area (Å²) in [6.07, 6.45) is 3.64. The number of carbonyl (C=O) groups excluding carboxylic acids is 2. The van der Waals surface area contributed by atoms with Gasteiger partial charge in [0.25, 0.3) is 0 Å². The minimum Gasteiger partial charge on any atom is -0.341 e. The van der Waals surface area contributed by atoms with Crippen molar-refractivity contribution in [2.24, 2.45) is 5.92 Å². The average molecular weight is 350 g/mol. The molecule has 2 aliphatic heterocycles. The smallest absolute Gasteiger partial charge is 0.246 e. The highest BCUT2D eigenvalue weighted by atomic mass is 35.5. The number of halogens is 1. The molecule has 2 unspecified atom stereocenters. The first-order valence-corrected chi connectivity index (χ1v) is 9.13. The van der Waals surface area contributed by atoms with E-state index in [0.717, 1.165) is 38.2 Å². The number of hydrogen-bond acceptors (Lipinski definition) is 4. The van der Waals surface area contributed by atoms with Crippen LogP contribution in [0.5, 0.6) is 0 Å². The van der Waals surface area contributed by atoms with Crippen molar-refractivity contribution in [1.29, 1.82) is 0 Å². The highest BCUT2D eigenvalue weighted by Crippen LogP contribution is 2.25. The molecule has 0 aromatic heterocycles. The Labute approximate surface area is 144 Å².